The topological polar surface area (TPSA) is 90.1 Å². The monoisotopic (exact) mass is 276 g/mol. The largest absolute Gasteiger partial charge is 0.377 e. The molecule has 1 amide bonds. The first-order chi connectivity index (χ1) is 9.48. The van der Waals surface area contributed by atoms with Crippen molar-refractivity contribution < 1.29 is 9.53 Å². The van der Waals surface area contributed by atoms with E-state index in [1.165, 1.54) is 0 Å². The number of anilines is 1. The van der Waals surface area contributed by atoms with Crippen molar-refractivity contribution in [3.63, 3.8) is 0 Å². The van der Waals surface area contributed by atoms with Crippen LogP contribution in [0.15, 0.2) is 18.3 Å². The Morgan fingerprint density at radius 1 is 1.55 bits per heavy atom. The fourth-order valence-corrected chi connectivity index (χ4v) is 3.62. The van der Waals surface area contributed by atoms with Gasteiger partial charge < -0.3 is 15.8 Å². The molecule has 2 heterocycles. The summed E-state index contributed by atoms with van der Waals surface area (Å²) < 4.78 is 5.80. The summed E-state index contributed by atoms with van der Waals surface area (Å²) in [4.78, 5) is 12.6. The number of nitrogens with zero attached hydrogens (tertiary/aromatic N) is 2. The Kier molecular flexibility index (Phi) is 3.02. The van der Waals surface area contributed by atoms with Gasteiger partial charge in [-0.3, -0.25) is 4.79 Å². The van der Waals surface area contributed by atoms with Gasteiger partial charge in [0.25, 0.3) is 0 Å². The molecular weight excluding hydrogens is 256 g/mol. The van der Waals surface area contributed by atoms with E-state index in [9.17, 15) is 4.79 Å². The van der Waals surface area contributed by atoms with Crippen LogP contribution in [0.5, 0.6) is 0 Å². The van der Waals surface area contributed by atoms with Crippen LogP contribution in [0.25, 0.3) is 0 Å². The number of rotatable bonds is 2. The third kappa shape index (κ3) is 1.68. The van der Waals surface area contributed by atoms with Crippen LogP contribution in [0, 0.1) is 11.3 Å². The summed E-state index contributed by atoms with van der Waals surface area (Å²) in [6.07, 6.45) is 3.51. The van der Waals surface area contributed by atoms with E-state index < -0.39 is 5.54 Å². The lowest BCUT2D eigenvalue weighted by atomic mass is 9.46. The highest BCUT2D eigenvalue weighted by atomic mass is 16.5. The van der Waals surface area contributed by atoms with Gasteiger partial charge in [-0.05, 0) is 25.0 Å². The molecule has 3 unspecified atom stereocenters. The Balaban J connectivity index is 1.82. The fourth-order valence-electron chi connectivity index (χ4n) is 3.62. The number of carbonyl (C=O) groups excluding carboxylic acids is 1. The number of ether oxygens (including phenoxy) is 1. The molecule has 0 spiro atoms. The van der Waals surface area contributed by atoms with Gasteiger partial charge in [-0.15, -0.1) is 5.10 Å². The smallest absolute Gasteiger partial charge is 0.246 e. The number of hydrogen-bond acceptors (Lipinski definition) is 5. The molecule has 1 aliphatic heterocycles. The molecule has 2 aliphatic rings. The predicted octanol–water partition coefficient (Wildman–Crippen LogP) is 0.948. The number of nitrogens with two attached hydrogens (primary N) is 1. The molecule has 1 saturated heterocycles. The summed E-state index contributed by atoms with van der Waals surface area (Å²) >= 11 is 0. The molecule has 0 bridgehead atoms. The van der Waals surface area contributed by atoms with Gasteiger partial charge in [-0.2, -0.15) is 5.10 Å². The summed E-state index contributed by atoms with van der Waals surface area (Å²) in [5.74, 6) is 0.302. The van der Waals surface area contributed by atoms with Gasteiger partial charge in [0.05, 0.1) is 6.10 Å². The maximum absolute atomic E-state index is 12.6. The van der Waals surface area contributed by atoms with Crippen LogP contribution in [0.4, 0.5) is 5.82 Å². The van der Waals surface area contributed by atoms with Gasteiger partial charge >= 0.3 is 0 Å². The summed E-state index contributed by atoms with van der Waals surface area (Å²) in [6, 6.07) is 3.43. The SMILES string of the molecule is CC1(C)C2OCCCC2C1(N)C(=O)Nc1cccnn1. The highest BCUT2D eigenvalue weighted by Crippen LogP contribution is 2.57. The molecule has 2 fully saturated rings. The van der Waals surface area contributed by atoms with Gasteiger partial charge in [0.15, 0.2) is 5.82 Å². The second-order valence-electron chi connectivity index (χ2n) is 6.19. The lowest BCUT2D eigenvalue weighted by Crippen LogP contribution is -2.81. The minimum atomic E-state index is -0.921. The predicted molar refractivity (Wildman–Crippen MR) is 73.8 cm³/mol. The maximum Gasteiger partial charge on any atom is 0.246 e. The molecule has 1 saturated carbocycles. The number of hydrogen-bond donors (Lipinski definition) is 2. The highest BCUT2D eigenvalue weighted by molar-refractivity contribution is 5.99. The summed E-state index contributed by atoms with van der Waals surface area (Å²) in [7, 11) is 0. The molecule has 1 aliphatic carbocycles. The quantitative estimate of drug-likeness (QED) is 0.839. The van der Waals surface area contributed by atoms with E-state index in [1.807, 2.05) is 13.8 Å². The minimum absolute atomic E-state index is 0.0638. The molecular formula is C14H20N4O2. The molecule has 6 nitrogen and oxygen atoms in total. The first-order valence-electron chi connectivity index (χ1n) is 6.97. The number of carbonyl (C=O) groups is 1. The fraction of sp³-hybridized carbons (Fsp3) is 0.643. The third-order valence-corrected chi connectivity index (χ3v) is 4.87. The Bertz CT molecular complexity index is 519. The average molecular weight is 276 g/mol. The van der Waals surface area contributed by atoms with Gasteiger partial charge in [0, 0.05) is 24.1 Å². The van der Waals surface area contributed by atoms with Crippen molar-refractivity contribution >= 4 is 11.7 Å². The van der Waals surface area contributed by atoms with Crippen LogP contribution in [0.2, 0.25) is 0 Å². The van der Waals surface area contributed by atoms with Crippen LogP contribution in [0.3, 0.4) is 0 Å². The lowest BCUT2D eigenvalue weighted by Gasteiger charge is -2.65. The Morgan fingerprint density at radius 3 is 3.05 bits per heavy atom. The van der Waals surface area contributed by atoms with Crippen LogP contribution in [0.1, 0.15) is 26.7 Å². The van der Waals surface area contributed by atoms with Crippen LogP contribution in [-0.2, 0) is 9.53 Å². The van der Waals surface area contributed by atoms with Gasteiger partial charge in [-0.25, -0.2) is 0 Å². The molecule has 3 rings (SSSR count). The molecule has 6 heteroatoms. The van der Waals surface area contributed by atoms with E-state index in [0.717, 1.165) is 19.4 Å². The van der Waals surface area contributed by atoms with Crippen molar-refractivity contribution in [1.29, 1.82) is 0 Å². The highest BCUT2D eigenvalue weighted by Gasteiger charge is 2.70. The van der Waals surface area contributed by atoms with Gasteiger partial charge in [0.1, 0.15) is 5.54 Å². The van der Waals surface area contributed by atoms with Crippen molar-refractivity contribution in [2.75, 3.05) is 11.9 Å². The van der Waals surface area contributed by atoms with Crippen molar-refractivity contribution in [3.05, 3.63) is 18.3 Å². The van der Waals surface area contributed by atoms with Gasteiger partial charge in [0.2, 0.25) is 5.91 Å². The normalized spacial score (nSPS) is 34.8. The number of amides is 1. The Hall–Kier alpha value is -1.53. The average Bonchev–Trinajstić information content (AvgIpc) is 2.47. The number of fused-ring (bicyclic) bond motifs is 1. The van der Waals surface area contributed by atoms with Crippen molar-refractivity contribution in [2.45, 2.75) is 38.3 Å². The van der Waals surface area contributed by atoms with E-state index in [4.69, 9.17) is 10.5 Å². The molecule has 1 aromatic rings. The Morgan fingerprint density at radius 2 is 2.35 bits per heavy atom. The van der Waals surface area contributed by atoms with Gasteiger partial charge in [-0.1, -0.05) is 13.8 Å². The Labute approximate surface area is 118 Å². The molecule has 108 valence electrons. The van der Waals surface area contributed by atoms with Crippen molar-refractivity contribution in [3.8, 4) is 0 Å². The van der Waals surface area contributed by atoms with Crippen LogP contribution < -0.4 is 11.1 Å². The standard InChI is InChI=1S/C14H20N4O2/c1-13(2)11-9(5-4-8-20-11)14(13,15)12(19)17-10-6-3-7-16-18-10/h3,6-7,9,11H,4-5,8,15H2,1-2H3,(H,17,18,19). The number of aromatic nitrogens is 2. The lowest BCUT2D eigenvalue weighted by molar-refractivity contribution is -0.222. The second-order valence-corrected chi connectivity index (χ2v) is 6.19. The zero-order chi connectivity index (χ0) is 14.4. The third-order valence-electron chi connectivity index (χ3n) is 4.87. The molecule has 20 heavy (non-hydrogen) atoms. The summed E-state index contributed by atoms with van der Waals surface area (Å²) in [5.41, 5.74) is 5.18. The van der Waals surface area contributed by atoms with Crippen LogP contribution >= 0.6 is 0 Å². The summed E-state index contributed by atoms with van der Waals surface area (Å²) in [6.45, 7) is 4.75. The van der Waals surface area contributed by atoms with Crippen molar-refractivity contribution in [2.24, 2.45) is 17.1 Å². The van der Waals surface area contributed by atoms with E-state index >= 15 is 0 Å². The molecule has 3 atom stereocenters. The van der Waals surface area contributed by atoms with Crippen molar-refractivity contribution in [1.82, 2.24) is 10.2 Å². The first-order valence-corrected chi connectivity index (χ1v) is 6.97. The molecule has 1 aromatic heterocycles. The minimum Gasteiger partial charge on any atom is -0.377 e. The number of nitrogens with one attached hydrogen (secondary N) is 1. The zero-order valence-corrected chi connectivity index (χ0v) is 11.8. The molecule has 3 N–H and O–H groups in total. The first kappa shape index (κ1) is 13.5. The van der Waals surface area contributed by atoms with E-state index in [2.05, 4.69) is 15.5 Å². The zero-order valence-electron chi connectivity index (χ0n) is 11.8. The van der Waals surface area contributed by atoms with E-state index in [0.29, 0.717) is 5.82 Å². The molecule has 0 radical (unpaired) electrons. The van der Waals surface area contributed by atoms with E-state index in [-0.39, 0.29) is 23.3 Å². The molecule has 0 aromatic carbocycles. The second kappa shape index (κ2) is 4.49. The van der Waals surface area contributed by atoms with Crippen LogP contribution in [-0.4, -0.2) is 34.4 Å². The summed E-state index contributed by atoms with van der Waals surface area (Å²) in [5, 5.41) is 10.4. The van der Waals surface area contributed by atoms with E-state index in [1.54, 1.807) is 18.3 Å². The maximum atomic E-state index is 12.6.